The number of hydrogen-bond acceptors (Lipinski definition) is 5. The summed E-state index contributed by atoms with van der Waals surface area (Å²) in [6.07, 6.45) is 1.63. The van der Waals surface area contributed by atoms with E-state index in [2.05, 4.69) is 15.0 Å². The fourth-order valence-corrected chi connectivity index (χ4v) is 4.40. The second-order valence-electron chi connectivity index (χ2n) is 8.75. The molecule has 3 aromatic heterocycles. The van der Waals surface area contributed by atoms with Crippen LogP contribution in [0.15, 0.2) is 91.5 Å². The van der Waals surface area contributed by atoms with E-state index in [9.17, 15) is 22.8 Å². The molecule has 8 nitrogen and oxygen atoms in total. The summed E-state index contributed by atoms with van der Waals surface area (Å²) in [5, 5.41) is 0.786. The predicted molar refractivity (Wildman–Crippen MR) is 138 cm³/mol. The van der Waals surface area contributed by atoms with Crippen LogP contribution in [0.3, 0.4) is 0 Å². The summed E-state index contributed by atoms with van der Waals surface area (Å²) >= 11 is 0. The van der Waals surface area contributed by atoms with Crippen molar-refractivity contribution in [1.82, 2.24) is 15.0 Å². The first-order valence-electron chi connectivity index (χ1n) is 11.7. The van der Waals surface area contributed by atoms with Crippen LogP contribution >= 0.6 is 0 Å². The number of benzene rings is 2. The summed E-state index contributed by atoms with van der Waals surface area (Å²) in [7, 11) is 0. The van der Waals surface area contributed by atoms with E-state index in [1.807, 2.05) is 6.07 Å². The zero-order chi connectivity index (χ0) is 27.1. The van der Waals surface area contributed by atoms with Gasteiger partial charge in [-0.05, 0) is 66.2 Å². The molecule has 194 valence electrons. The molecular formula is C28H18F3N5O3. The van der Waals surface area contributed by atoms with E-state index in [0.717, 1.165) is 27.3 Å². The molecule has 11 heteroatoms. The highest BCUT2D eigenvalue weighted by atomic mass is 19.4. The molecule has 0 unspecified atom stereocenters. The minimum Gasteiger partial charge on any atom is -0.457 e. The number of aromatic amines is 1. The molecule has 2 aromatic carbocycles. The van der Waals surface area contributed by atoms with Gasteiger partial charge in [-0.3, -0.25) is 14.7 Å². The number of imide groups is 1. The van der Waals surface area contributed by atoms with Crippen molar-refractivity contribution in [3.8, 4) is 22.6 Å². The molecule has 1 fully saturated rings. The van der Waals surface area contributed by atoms with Crippen LogP contribution in [0.4, 0.5) is 29.3 Å². The lowest BCUT2D eigenvalue weighted by Crippen LogP contribution is -2.33. The van der Waals surface area contributed by atoms with E-state index in [-0.39, 0.29) is 16.9 Å². The lowest BCUT2D eigenvalue weighted by atomic mass is 10.0. The number of carbonyl (C=O) groups is 2. The monoisotopic (exact) mass is 529 g/mol. The largest absolute Gasteiger partial charge is 0.457 e. The van der Waals surface area contributed by atoms with Gasteiger partial charge in [0.2, 0.25) is 0 Å². The Morgan fingerprint density at radius 2 is 1.72 bits per heavy atom. The number of ether oxygens (including phenoxy) is 1. The number of nitrogens with zero attached hydrogens (tertiary/aromatic N) is 4. The van der Waals surface area contributed by atoms with E-state index in [1.165, 1.54) is 30.6 Å². The Morgan fingerprint density at radius 1 is 0.897 bits per heavy atom. The van der Waals surface area contributed by atoms with Crippen molar-refractivity contribution in [2.24, 2.45) is 0 Å². The molecule has 0 bridgehead atoms. The van der Waals surface area contributed by atoms with Crippen molar-refractivity contribution in [1.29, 1.82) is 0 Å². The van der Waals surface area contributed by atoms with Crippen LogP contribution in [0.5, 0.6) is 11.5 Å². The number of fused-ring (bicyclic) bond motifs is 1. The summed E-state index contributed by atoms with van der Waals surface area (Å²) in [6.45, 7) is -0.409. The third-order valence-electron chi connectivity index (χ3n) is 6.26. The van der Waals surface area contributed by atoms with Gasteiger partial charge < -0.3 is 9.72 Å². The minimum absolute atomic E-state index is 0.0438. The van der Waals surface area contributed by atoms with Crippen molar-refractivity contribution in [2.45, 2.75) is 6.18 Å². The number of H-pyrrole nitrogens is 1. The quantitative estimate of drug-likeness (QED) is 0.266. The van der Waals surface area contributed by atoms with Gasteiger partial charge >= 0.3 is 12.2 Å². The van der Waals surface area contributed by atoms with Gasteiger partial charge in [0.15, 0.2) is 0 Å². The minimum atomic E-state index is -4.66. The van der Waals surface area contributed by atoms with Gasteiger partial charge in [0, 0.05) is 36.0 Å². The highest BCUT2D eigenvalue weighted by Crippen LogP contribution is 2.38. The van der Waals surface area contributed by atoms with Gasteiger partial charge in [0.1, 0.15) is 23.7 Å². The first kappa shape index (κ1) is 24.2. The topological polar surface area (TPSA) is 91.4 Å². The molecule has 3 amide bonds. The van der Waals surface area contributed by atoms with Crippen molar-refractivity contribution in [3.63, 3.8) is 0 Å². The third-order valence-corrected chi connectivity index (χ3v) is 6.26. The average molecular weight is 529 g/mol. The number of amides is 3. The Hall–Kier alpha value is -5.19. The molecule has 0 aliphatic carbocycles. The van der Waals surface area contributed by atoms with E-state index in [0.29, 0.717) is 22.7 Å². The molecular weight excluding hydrogens is 511 g/mol. The number of nitrogens with one attached hydrogen (secondary N) is 1. The van der Waals surface area contributed by atoms with Crippen LogP contribution in [0, 0.1) is 0 Å². The van der Waals surface area contributed by atoms with Gasteiger partial charge in [-0.2, -0.15) is 13.2 Å². The Bertz CT molecular complexity index is 1700. The lowest BCUT2D eigenvalue weighted by molar-refractivity contribution is -0.137. The summed E-state index contributed by atoms with van der Waals surface area (Å²) in [4.78, 5) is 39.3. The van der Waals surface area contributed by atoms with Crippen LogP contribution in [0.1, 0.15) is 5.56 Å². The van der Waals surface area contributed by atoms with Gasteiger partial charge in [-0.25, -0.2) is 14.7 Å². The summed E-state index contributed by atoms with van der Waals surface area (Å²) in [5.41, 5.74) is 0.617. The second-order valence-corrected chi connectivity index (χ2v) is 8.75. The molecule has 1 aliphatic rings. The third kappa shape index (κ3) is 4.54. The van der Waals surface area contributed by atoms with Gasteiger partial charge in [0.05, 0.1) is 16.6 Å². The maximum absolute atomic E-state index is 13.7. The molecule has 0 saturated carbocycles. The van der Waals surface area contributed by atoms with E-state index >= 15 is 0 Å². The number of pyridine rings is 2. The molecule has 0 spiro atoms. The molecule has 1 aliphatic heterocycles. The Kier molecular flexibility index (Phi) is 5.75. The summed E-state index contributed by atoms with van der Waals surface area (Å²) in [6, 6.07) is 15.6. The van der Waals surface area contributed by atoms with Crippen molar-refractivity contribution >= 4 is 34.3 Å². The molecule has 39 heavy (non-hydrogen) atoms. The van der Waals surface area contributed by atoms with Crippen molar-refractivity contribution in [3.05, 3.63) is 97.1 Å². The first-order valence-corrected chi connectivity index (χ1v) is 11.7. The Morgan fingerprint density at radius 3 is 2.46 bits per heavy atom. The SMILES string of the molecule is O=C1CN(c2cc(-c3cccnc3)cc(C(F)(F)F)c2)C(=O)N1c1ccc(Oc2ccnc3[nH]ccc23)cc1. The number of aromatic nitrogens is 3. The zero-order valence-corrected chi connectivity index (χ0v) is 20.0. The standard InChI is InChI=1S/C28H18F3N5O3/c29-28(30,31)19-12-18(17-2-1-9-32-15-17)13-21(14-19)35-16-25(37)36(27(35)38)20-3-5-22(6-4-20)39-24-8-11-34-26-23(24)7-10-33-26/h1-15H,16H2,(H,33,34). The molecule has 6 rings (SSSR count). The number of urea groups is 1. The zero-order valence-electron chi connectivity index (χ0n) is 20.0. The Labute approximate surface area is 219 Å². The summed E-state index contributed by atoms with van der Waals surface area (Å²) < 4.78 is 47.1. The number of hydrogen-bond donors (Lipinski definition) is 1. The maximum atomic E-state index is 13.7. The normalized spacial score (nSPS) is 13.9. The summed E-state index contributed by atoms with van der Waals surface area (Å²) in [5.74, 6) is 0.460. The average Bonchev–Trinajstić information content (AvgIpc) is 3.53. The molecule has 1 N–H and O–H groups in total. The second kappa shape index (κ2) is 9.28. The van der Waals surface area contributed by atoms with E-state index in [1.54, 1.807) is 42.7 Å². The number of carbonyl (C=O) groups excluding carboxylic acids is 2. The number of alkyl halides is 3. The highest BCUT2D eigenvalue weighted by Gasteiger charge is 2.39. The van der Waals surface area contributed by atoms with Crippen LogP contribution in [-0.2, 0) is 11.0 Å². The lowest BCUT2D eigenvalue weighted by Gasteiger charge is -2.20. The van der Waals surface area contributed by atoms with Gasteiger partial charge in [0.25, 0.3) is 5.91 Å². The smallest absolute Gasteiger partial charge is 0.416 e. The number of anilines is 2. The highest BCUT2D eigenvalue weighted by molar-refractivity contribution is 6.27. The van der Waals surface area contributed by atoms with E-state index in [4.69, 9.17) is 4.74 Å². The van der Waals surface area contributed by atoms with Crippen LogP contribution in [-0.4, -0.2) is 33.4 Å². The van der Waals surface area contributed by atoms with Crippen LogP contribution < -0.4 is 14.5 Å². The molecule has 0 radical (unpaired) electrons. The number of halogens is 3. The maximum Gasteiger partial charge on any atom is 0.416 e. The molecule has 5 aromatic rings. The van der Waals surface area contributed by atoms with Gasteiger partial charge in [-0.15, -0.1) is 0 Å². The van der Waals surface area contributed by atoms with Crippen molar-refractivity contribution < 1.29 is 27.5 Å². The fourth-order valence-electron chi connectivity index (χ4n) is 4.40. The molecule has 4 heterocycles. The van der Waals surface area contributed by atoms with Crippen molar-refractivity contribution in [2.75, 3.05) is 16.3 Å². The first-order chi connectivity index (χ1) is 18.8. The molecule has 0 atom stereocenters. The fraction of sp³-hybridized carbons (Fsp3) is 0.0714. The van der Waals surface area contributed by atoms with Crippen LogP contribution in [0.25, 0.3) is 22.2 Å². The van der Waals surface area contributed by atoms with E-state index < -0.39 is 30.2 Å². The Balaban J connectivity index is 1.28. The molecule has 1 saturated heterocycles. The predicted octanol–water partition coefficient (Wildman–Crippen LogP) is 6.41. The number of rotatable bonds is 5. The van der Waals surface area contributed by atoms with Gasteiger partial charge in [-0.1, -0.05) is 6.07 Å². The van der Waals surface area contributed by atoms with Crippen LogP contribution in [0.2, 0.25) is 0 Å².